The number of benzene rings is 2. The second-order valence-corrected chi connectivity index (χ2v) is 6.72. The zero-order valence-corrected chi connectivity index (χ0v) is 16.2. The number of anilines is 1. The van der Waals surface area contributed by atoms with Gasteiger partial charge >= 0.3 is 0 Å². The number of hydrogen-bond acceptors (Lipinski definition) is 6. The van der Waals surface area contributed by atoms with Crippen LogP contribution in [-0.2, 0) is 4.79 Å². The summed E-state index contributed by atoms with van der Waals surface area (Å²) in [4.78, 5) is 18.5. The molecule has 0 fully saturated rings. The number of nitrogens with zero attached hydrogens (tertiary/aromatic N) is 3. The molecule has 1 heterocycles. The predicted octanol–water partition coefficient (Wildman–Crippen LogP) is 3.92. The summed E-state index contributed by atoms with van der Waals surface area (Å²) in [7, 11) is 0. The van der Waals surface area contributed by atoms with Crippen LogP contribution in [0, 0.1) is 0 Å². The van der Waals surface area contributed by atoms with Gasteiger partial charge < -0.3 is 9.32 Å². The van der Waals surface area contributed by atoms with Crippen molar-refractivity contribution in [3.8, 4) is 0 Å². The van der Waals surface area contributed by atoms with Gasteiger partial charge in [-0.3, -0.25) is 4.79 Å². The number of para-hydroxylation sites is 2. The number of hydrazone groups is 1. The SMILES string of the molecule is CCN(CC)c1ccc(/C=N\NC(=O)CSc2nc3ccccc3o2)cc1. The molecule has 0 radical (unpaired) electrons. The van der Waals surface area contributed by atoms with Crippen molar-refractivity contribution in [2.75, 3.05) is 23.7 Å². The van der Waals surface area contributed by atoms with Gasteiger partial charge in [-0.15, -0.1) is 0 Å². The van der Waals surface area contributed by atoms with Gasteiger partial charge in [0.1, 0.15) is 5.52 Å². The largest absolute Gasteiger partial charge is 0.431 e. The van der Waals surface area contributed by atoms with E-state index in [4.69, 9.17) is 4.42 Å². The van der Waals surface area contributed by atoms with Crippen LogP contribution in [0.1, 0.15) is 19.4 Å². The zero-order valence-electron chi connectivity index (χ0n) is 15.4. The molecule has 0 aliphatic rings. The third-order valence-corrected chi connectivity index (χ3v) is 4.85. The van der Waals surface area contributed by atoms with E-state index in [9.17, 15) is 4.79 Å². The van der Waals surface area contributed by atoms with Crippen LogP contribution >= 0.6 is 11.8 Å². The minimum absolute atomic E-state index is 0.186. The van der Waals surface area contributed by atoms with E-state index in [-0.39, 0.29) is 11.7 Å². The van der Waals surface area contributed by atoms with Gasteiger partial charge in [0.2, 0.25) is 0 Å². The van der Waals surface area contributed by atoms with E-state index in [1.807, 2.05) is 36.4 Å². The summed E-state index contributed by atoms with van der Waals surface area (Å²) in [5.74, 6) is -0.0244. The van der Waals surface area contributed by atoms with E-state index < -0.39 is 0 Å². The lowest BCUT2D eigenvalue weighted by Gasteiger charge is -2.20. The molecule has 2 aromatic carbocycles. The average Bonchev–Trinajstić information content (AvgIpc) is 3.11. The molecule has 6 nitrogen and oxygen atoms in total. The number of rotatable bonds is 8. The normalized spacial score (nSPS) is 11.2. The van der Waals surface area contributed by atoms with Gasteiger partial charge in [-0.25, -0.2) is 10.4 Å². The first kappa shape index (κ1) is 19.0. The number of aromatic nitrogens is 1. The van der Waals surface area contributed by atoms with Gasteiger partial charge in [0.05, 0.1) is 12.0 Å². The summed E-state index contributed by atoms with van der Waals surface area (Å²) < 4.78 is 5.57. The predicted molar refractivity (Wildman–Crippen MR) is 110 cm³/mol. The summed E-state index contributed by atoms with van der Waals surface area (Å²) in [5.41, 5.74) is 6.13. The highest BCUT2D eigenvalue weighted by Gasteiger charge is 2.08. The summed E-state index contributed by atoms with van der Waals surface area (Å²) in [6, 6.07) is 15.6. The summed E-state index contributed by atoms with van der Waals surface area (Å²) in [6.07, 6.45) is 1.63. The molecule has 1 aromatic heterocycles. The number of nitrogens with one attached hydrogen (secondary N) is 1. The van der Waals surface area contributed by atoms with Crippen molar-refractivity contribution in [1.29, 1.82) is 0 Å². The van der Waals surface area contributed by atoms with Crippen LogP contribution in [0.4, 0.5) is 5.69 Å². The molecule has 0 aliphatic carbocycles. The highest BCUT2D eigenvalue weighted by atomic mass is 32.2. The highest BCUT2D eigenvalue weighted by Crippen LogP contribution is 2.22. The molecular formula is C20H22N4O2S. The molecule has 0 saturated heterocycles. The first-order valence-corrected chi connectivity index (χ1v) is 9.83. The topological polar surface area (TPSA) is 70.7 Å². The van der Waals surface area contributed by atoms with Crippen LogP contribution in [-0.4, -0.2) is 35.9 Å². The molecule has 27 heavy (non-hydrogen) atoms. The number of hydrogen-bond donors (Lipinski definition) is 1. The Morgan fingerprint density at radius 2 is 1.93 bits per heavy atom. The number of oxazole rings is 1. The van der Waals surface area contributed by atoms with Crippen molar-refractivity contribution in [1.82, 2.24) is 10.4 Å². The van der Waals surface area contributed by atoms with Crippen molar-refractivity contribution in [3.05, 3.63) is 54.1 Å². The molecule has 140 valence electrons. The Kier molecular flexibility index (Phi) is 6.49. The average molecular weight is 382 g/mol. The highest BCUT2D eigenvalue weighted by molar-refractivity contribution is 7.99. The Bertz CT molecular complexity index is 884. The first-order valence-electron chi connectivity index (χ1n) is 8.85. The van der Waals surface area contributed by atoms with Crippen molar-refractivity contribution in [2.45, 2.75) is 19.1 Å². The fourth-order valence-electron chi connectivity index (χ4n) is 2.61. The molecule has 0 aliphatic heterocycles. The van der Waals surface area contributed by atoms with E-state index in [0.29, 0.717) is 10.8 Å². The number of carbonyl (C=O) groups excluding carboxylic acids is 1. The van der Waals surface area contributed by atoms with Crippen molar-refractivity contribution in [3.63, 3.8) is 0 Å². The summed E-state index contributed by atoms with van der Waals surface area (Å²) in [5, 5.41) is 4.48. The lowest BCUT2D eigenvalue weighted by molar-refractivity contribution is -0.118. The molecule has 1 N–H and O–H groups in total. The Hall–Kier alpha value is -2.80. The van der Waals surface area contributed by atoms with E-state index in [2.05, 4.69) is 46.4 Å². The van der Waals surface area contributed by atoms with E-state index in [1.54, 1.807) is 6.21 Å². The van der Waals surface area contributed by atoms with Crippen molar-refractivity contribution >= 4 is 40.7 Å². The molecular weight excluding hydrogens is 360 g/mol. The van der Waals surface area contributed by atoms with Gasteiger partial charge in [0.15, 0.2) is 5.58 Å². The smallest absolute Gasteiger partial charge is 0.257 e. The molecule has 0 spiro atoms. The maximum atomic E-state index is 11.9. The number of amides is 1. The zero-order chi connectivity index (χ0) is 19.1. The first-order chi connectivity index (χ1) is 13.2. The fourth-order valence-corrected chi connectivity index (χ4v) is 3.24. The molecule has 1 amide bonds. The Balaban J connectivity index is 1.48. The number of fused-ring (bicyclic) bond motifs is 1. The minimum Gasteiger partial charge on any atom is -0.431 e. The molecule has 0 unspecified atom stereocenters. The van der Waals surface area contributed by atoms with E-state index in [1.165, 1.54) is 17.4 Å². The third kappa shape index (κ3) is 5.10. The van der Waals surface area contributed by atoms with E-state index in [0.717, 1.165) is 24.2 Å². The van der Waals surface area contributed by atoms with Crippen LogP contribution in [0.3, 0.4) is 0 Å². The fraction of sp³-hybridized carbons (Fsp3) is 0.250. The quantitative estimate of drug-likeness (QED) is 0.363. The minimum atomic E-state index is -0.210. The van der Waals surface area contributed by atoms with E-state index >= 15 is 0 Å². The standard InChI is InChI=1S/C20H22N4O2S/c1-3-24(4-2)16-11-9-15(10-12-16)13-21-23-19(25)14-27-20-22-17-7-5-6-8-18(17)26-20/h5-13H,3-4,14H2,1-2H3,(H,23,25)/b21-13-. The second-order valence-electron chi connectivity index (χ2n) is 5.79. The molecule has 0 bridgehead atoms. The van der Waals surface area contributed by atoms with Crippen LogP contribution < -0.4 is 10.3 Å². The van der Waals surface area contributed by atoms with Gasteiger partial charge in [-0.1, -0.05) is 36.0 Å². The molecule has 3 rings (SSSR count). The Labute approximate surface area is 162 Å². The number of thioether (sulfide) groups is 1. The van der Waals surface area contributed by atoms with Gasteiger partial charge in [-0.05, 0) is 43.7 Å². The van der Waals surface area contributed by atoms with Crippen LogP contribution in [0.5, 0.6) is 0 Å². The van der Waals surface area contributed by atoms with Crippen molar-refractivity contribution < 1.29 is 9.21 Å². The van der Waals surface area contributed by atoms with Gasteiger partial charge in [0.25, 0.3) is 11.1 Å². The van der Waals surface area contributed by atoms with Crippen LogP contribution in [0.2, 0.25) is 0 Å². The molecule has 7 heteroatoms. The third-order valence-electron chi connectivity index (χ3n) is 4.03. The Morgan fingerprint density at radius 1 is 1.19 bits per heavy atom. The maximum Gasteiger partial charge on any atom is 0.257 e. The van der Waals surface area contributed by atoms with Crippen molar-refractivity contribution in [2.24, 2.45) is 5.10 Å². The maximum absolute atomic E-state index is 11.9. The van der Waals surface area contributed by atoms with Crippen LogP contribution in [0.25, 0.3) is 11.1 Å². The Morgan fingerprint density at radius 3 is 2.63 bits per heavy atom. The van der Waals surface area contributed by atoms with Crippen LogP contribution in [0.15, 0.2) is 63.3 Å². The van der Waals surface area contributed by atoms with Gasteiger partial charge in [-0.2, -0.15) is 5.10 Å². The summed E-state index contributed by atoms with van der Waals surface area (Å²) in [6.45, 7) is 6.20. The van der Waals surface area contributed by atoms with Gasteiger partial charge in [0, 0.05) is 18.8 Å². The lowest BCUT2D eigenvalue weighted by Crippen LogP contribution is -2.21. The monoisotopic (exact) mass is 382 g/mol. The lowest BCUT2D eigenvalue weighted by atomic mass is 10.2. The molecule has 3 aromatic rings. The molecule has 0 saturated carbocycles. The molecule has 0 atom stereocenters. The summed E-state index contributed by atoms with van der Waals surface area (Å²) >= 11 is 1.24. The number of carbonyl (C=O) groups is 1. The second kappa shape index (κ2) is 9.23.